The number of rotatable bonds is 2. The maximum atomic E-state index is 11.4. The van der Waals surface area contributed by atoms with Crippen LogP contribution in [0.5, 0.6) is 0 Å². The molecule has 0 aliphatic carbocycles. The summed E-state index contributed by atoms with van der Waals surface area (Å²) in [5, 5.41) is 13.6. The molecule has 1 aromatic carbocycles. The van der Waals surface area contributed by atoms with Gasteiger partial charge in [-0.2, -0.15) is 0 Å². The second kappa shape index (κ2) is 6.15. The summed E-state index contributed by atoms with van der Waals surface area (Å²) in [6.07, 6.45) is 1.81. The van der Waals surface area contributed by atoms with Gasteiger partial charge in [-0.3, -0.25) is 9.88 Å². The number of hydrogen-bond donors (Lipinski definition) is 1. The molecule has 1 atom stereocenters. The minimum absolute atomic E-state index is 0.184. The highest BCUT2D eigenvalue weighted by molar-refractivity contribution is 9.10. The average molecular weight is 444 g/mol. The Labute approximate surface area is 167 Å². The van der Waals surface area contributed by atoms with Crippen LogP contribution in [0.4, 0.5) is 0 Å². The van der Waals surface area contributed by atoms with Crippen molar-refractivity contribution in [2.24, 2.45) is 0 Å². The molecule has 136 valence electrons. The van der Waals surface area contributed by atoms with Gasteiger partial charge >= 0.3 is 5.97 Å². The minimum atomic E-state index is -1.12. The van der Waals surface area contributed by atoms with Crippen molar-refractivity contribution in [2.45, 2.75) is 11.4 Å². The van der Waals surface area contributed by atoms with Crippen LogP contribution in [-0.2, 0) is 11.4 Å². The maximum absolute atomic E-state index is 11.4. The quantitative estimate of drug-likeness (QED) is 0.651. The highest BCUT2D eigenvalue weighted by Crippen LogP contribution is 2.53. The van der Waals surface area contributed by atoms with Crippen molar-refractivity contribution < 1.29 is 9.90 Å². The highest BCUT2D eigenvalue weighted by Gasteiger charge is 2.50. The van der Waals surface area contributed by atoms with Gasteiger partial charge in [0.2, 0.25) is 0 Å². The number of carboxylic acids is 1. The molecule has 27 heavy (non-hydrogen) atoms. The lowest BCUT2D eigenvalue weighted by molar-refractivity contribution is 0.0683. The largest absolute Gasteiger partial charge is 0.475 e. The first-order valence-corrected chi connectivity index (χ1v) is 10.2. The molecule has 0 spiro atoms. The number of aromatic nitrogens is 4. The van der Waals surface area contributed by atoms with E-state index >= 15 is 0 Å². The van der Waals surface area contributed by atoms with Crippen LogP contribution < -0.4 is 0 Å². The van der Waals surface area contributed by atoms with Gasteiger partial charge in [0.25, 0.3) is 5.82 Å². The van der Waals surface area contributed by atoms with Crippen molar-refractivity contribution >= 4 is 33.7 Å². The molecule has 5 rings (SSSR count). The summed E-state index contributed by atoms with van der Waals surface area (Å²) in [5.41, 5.74) is 2.81. The fourth-order valence-electron chi connectivity index (χ4n) is 3.79. The summed E-state index contributed by atoms with van der Waals surface area (Å²) in [4.78, 5) is 22.2. The van der Waals surface area contributed by atoms with Crippen LogP contribution in [0.15, 0.2) is 47.1 Å². The van der Waals surface area contributed by atoms with Crippen molar-refractivity contribution in [2.75, 3.05) is 12.3 Å². The first kappa shape index (κ1) is 16.9. The lowest BCUT2D eigenvalue weighted by Gasteiger charge is -2.36. The summed E-state index contributed by atoms with van der Waals surface area (Å²) < 4.78 is 2.61. The number of aromatic carboxylic acids is 1. The van der Waals surface area contributed by atoms with Crippen molar-refractivity contribution in [1.82, 2.24) is 24.6 Å². The van der Waals surface area contributed by atoms with Gasteiger partial charge in [-0.15, -0.1) is 16.9 Å². The van der Waals surface area contributed by atoms with E-state index in [0.717, 1.165) is 33.7 Å². The number of halogens is 1. The zero-order valence-corrected chi connectivity index (χ0v) is 16.4. The number of carbonyl (C=O) groups is 1. The molecule has 1 N–H and O–H groups in total. The van der Waals surface area contributed by atoms with E-state index in [0.29, 0.717) is 12.4 Å². The Morgan fingerprint density at radius 1 is 1.30 bits per heavy atom. The van der Waals surface area contributed by atoms with Crippen molar-refractivity contribution in [1.29, 1.82) is 0 Å². The smallest absolute Gasteiger partial charge is 0.375 e. The zero-order valence-electron chi connectivity index (χ0n) is 14.0. The summed E-state index contributed by atoms with van der Waals surface area (Å²) in [6.45, 7) is 1.35. The number of nitrogens with zero attached hydrogens (tertiary/aromatic N) is 5. The number of carboxylic acid groups (broad SMARTS) is 1. The third kappa shape index (κ3) is 2.45. The van der Waals surface area contributed by atoms with Crippen molar-refractivity contribution in [3.05, 3.63) is 70.0 Å². The van der Waals surface area contributed by atoms with Crippen molar-refractivity contribution in [3.8, 4) is 5.69 Å². The molecule has 0 saturated carbocycles. The fraction of sp³-hybridized carbons (Fsp3) is 0.222. The van der Waals surface area contributed by atoms with Gasteiger partial charge in [0.05, 0.1) is 17.9 Å². The van der Waals surface area contributed by atoms with E-state index in [1.54, 1.807) is 4.68 Å². The average Bonchev–Trinajstić information content (AvgIpc) is 3.26. The third-order valence-corrected chi connectivity index (χ3v) is 6.86. The molecule has 2 aliphatic rings. The number of hydrogen-bond acceptors (Lipinski definition) is 6. The van der Waals surface area contributed by atoms with Gasteiger partial charge < -0.3 is 5.11 Å². The van der Waals surface area contributed by atoms with Crippen molar-refractivity contribution in [3.63, 3.8) is 0 Å². The van der Waals surface area contributed by atoms with Crippen LogP contribution in [0.1, 0.15) is 27.7 Å². The van der Waals surface area contributed by atoms with Crippen LogP contribution in [0.25, 0.3) is 5.69 Å². The fourth-order valence-corrected chi connectivity index (χ4v) is 5.69. The Morgan fingerprint density at radius 2 is 2.19 bits per heavy atom. The molecular weight excluding hydrogens is 430 g/mol. The lowest BCUT2D eigenvalue weighted by Crippen LogP contribution is -2.40. The summed E-state index contributed by atoms with van der Waals surface area (Å²) in [5.74, 6) is 0.260. The molecule has 1 saturated heterocycles. The second-order valence-corrected chi connectivity index (χ2v) is 8.56. The van der Waals surface area contributed by atoms with Crippen LogP contribution >= 0.6 is 27.7 Å². The standard InChI is InChI=1S/C18H14BrN5O2S/c19-11-4-5-13-12(9-11)18(14-3-1-2-6-20-14)23(7-8-27-18)10-15-21-16(17(25)26)22-24(13)15/h1-6,9H,7-8,10H2,(H,25,26). The Bertz CT molecular complexity index is 1060. The van der Waals surface area contributed by atoms with Gasteiger partial charge in [-0.1, -0.05) is 22.0 Å². The van der Waals surface area contributed by atoms with E-state index in [9.17, 15) is 9.90 Å². The molecule has 7 nitrogen and oxygen atoms in total. The van der Waals surface area contributed by atoms with Gasteiger partial charge in [-0.05, 0) is 30.3 Å². The number of thioether (sulfide) groups is 1. The molecule has 4 heterocycles. The molecule has 9 heteroatoms. The van der Waals surface area contributed by atoms with Crippen LogP contribution in [0.2, 0.25) is 0 Å². The first-order chi connectivity index (χ1) is 13.1. The Kier molecular flexibility index (Phi) is 3.85. The molecule has 0 bridgehead atoms. The van der Waals surface area contributed by atoms with Crippen LogP contribution in [0.3, 0.4) is 0 Å². The van der Waals surface area contributed by atoms with E-state index in [2.05, 4.69) is 42.0 Å². The third-order valence-electron chi connectivity index (χ3n) is 4.88. The SMILES string of the molecule is O=C(O)c1nc2n(n1)-c1ccc(Br)cc1C1(c3ccccn3)SCCN1C2. The number of benzene rings is 1. The van der Waals surface area contributed by atoms with E-state index in [1.807, 2.05) is 48.3 Å². The number of fused-ring (bicyclic) bond motifs is 5. The van der Waals surface area contributed by atoms with E-state index in [4.69, 9.17) is 0 Å². The Morgan fingerprint density at radius 3 is 2.96 bits per heavy atom. The van der Waals surface area contributed by atoms with E-state index in [1.165, 1.54) is 0 Å². The summed E-state index contributed by atoms with van der Waals surface area (Å²) >= 11 is 5.42. The molecule has 2 aliphatic heterocycles. The molecular formula is C18H14BrN5O2S. The second-order valence-electron chi connectivity index (χ2n) is 6.36. The normalized spacial score (nSPS) is 21.2. The molecule has 3 aromatic rings. The van der Waals surface area contributed by atoms with E-state index in [-0.39, 0.29) is 5.82 Å². The number of pyridine rings is 1. The lowest BCUT2D eigenvalue weighted by atomic mass is 9.99. The molecule has 2 aromatic heterocycles. The molecule has 1 unspecified atom stereocenters. The van der Waals surface area contributed by atoms with Crippen LogP contribution in [-0.4, -0.2) is 48.0 Å². The highest BCUT2D eigenvalue weighted by atomic mass is 79.9. The topological polar surface area (TPSA) is 84.1 Å². The summed E-state index contributed by atoms with van der Waals surface area (Å²) in [7, 11) is 0. The molecule has 0 amide bonds. The zero-order chi connectivity index (χ0) is 18.6. The van der Waals surface area contributed by atoms with Gasteiger partial charge in [-0.25, -0.2) is 14.5 Å². The van der Waals surface area contributed by atoms with E-state index < -0.39 is 10.8 Å². The predicted molar refractivity (Wildman–Crippen MR) is 104 cm³/mol. The monoisotopic (exact) mass is 443 g/mol. The predicted octanol–water partition coefficient (Wildman–Crippen LogP) is 2.89. The van der Waals surface area contributed by atoms with Gasteiger partial charge in [0.15, 0.2) is 0 Å². The molecule has 0 radical (unpaired) electrons. The van der Waals surface area contributed by atoms with Gasteiger partial charge in [0, 0.05) is 28.5 Å². The van der Waals surface area contributed by atoms with Gasteiger partial charge in [0.1, 0.15) is 10.7 Å². The summed E-state index contributed by atoms with van der Waals surface area (Å²) in [6, 6.07) is 11.9. The minimum Gasteiger partial charge on any atom is -0.475 e. The Hall–Kier alpha value is -2.23. The van der Waals surface area contributed by atoms with Crippen LogP contribution in [0, 0.1) is 0 Å². The first-order valence-electron chi connectivity index (χ1n) is 8.40. The maximum Gasteiger partial charge on any atom is 0.375 e. The Balaban J connectivity index is 1.83. The molecule has 1 fully saturated rings.